The minimum Gasteiger partial charge on any atom is -0.375 e. The molecule has 0 unspecified atom stereocenters. The van der Waals surface area contributed by atoms with Gasteiger partial charge in [-0.15, -0.1) is 12.4 Å². The van der Waals surface area contributed by atoms with Crippen molar-refractivity contribution in [3.05, 3.63) is 66.0 Å². The lowest BCUT2D eigenvalue weighted by molar-refractivity contribution is 1.03. The van der Waals surface area contributed by atoms with Gasteiger partial charge in [-0.2, -0.15) is 5.10 Å². The summed E-state index contributed by atoms with van der Waals surface area (Å²) in [4.78, 5) is 3.99. The van der Waals surface area contributed by atoms with Gasteiger partial charge < -0.3 is 5.73 Å². The first-order chi connectivity index (χ1) is 8.77. The van der Waals surface area contributed by atoms with E-state index in [1.807, 2.05) is 42.5 Å². The zero-order chi connectivity index (χ0) is 12.8. The van der Waals surface area contributed by atoms with Gasteiger partial charge in [-0.3, -0.25) is 10.4 Å². The predicted molar refractivity (Wildman–Crippen MR) is 83.5 cm³/mol. The lowest BCUT2D eigenvalue weighted by atomic mass is 10.0. The van der Waals surface area contributed by atoms with Crippen LogP contribution in [-0.2, 0) is 0 Å². The normalized spacial score (nSPS) is 10.4. The molecule has 4 nitrogen and oxygen atoms in total. The zero-order valence-electron chi connectivity index (χ0n) is 9.98. The van der Waals surface area contributed by atoms with Gasteiger partial charge in [0, 0.05) is 23.5 Å². The number of thiocarbonyl (C=S) groups is 1. The minimum absolute atomic E-state index is 0. The van der Waals surface area contributed by atoms with Gasteiger partial charge in [-0.05, 0) is 24.4 Å². The molecule has 0 atom stereocenters. The van der Waals surface area contributed by atoms with E-state index in [0.29, 0.717) is 0 Å². The van der Waals surface area contributed by atoms with Gasteiger partial charge >= 0.3 is 0 Å². The van der Waals surface area contributed by atoms with Crippen molar-refractivity contribution in [2.24, 2.45) is 10.8 Å². The minimum atomic E-state index is 0. The molecule has 0 spiro atoms. The SMILES string of the molecule is Cl.NC(=S)N/N=C(/c1ccccc1)c1ccncc1. The molecule has 0 aliphatic heterocycles. The highest BCUT2D eigenvalue weighted by atomic mass is 35.5. The van der Waals surface area contributed by atoms with Crippen LogP contribution >= 0.6 is 24.6 Å². The second-order valence-electron chi connectivity index (χ2n) is 3.54. The first kappa shape index (κ1) is 15.1. The number of nitrogens with two attached hydrogens (primary N) is 1. The van der Waals surface area contributed by atoms with E-state index in [0.717, 1.165) is 16.8 Å². The molecule has 0 saturated carbocycles. The molecule has 2 aromatic rings. The summed E-state index contributed by atoms with van der Waals surface area (Å²) in [6.07, 6.45) is 3.43. The van der Waals surface area contributed by atoms with Crippen LogP contribution in [-0.4, -0.2) is 15.8 Å². The van der Waals surface area contributed by atoms with Gasteiger partial charge in [-0.25, -0.2) is 0 Å². The van der Waals surface area contributed by atoms with Gasteiger partial charge in [-0.1, -0.05) is 30.3 Å². The van der Waals surface area contributed by atoms with Crippen LogP contribution in [0.4, 0.5) is 0 Å². The smallest absolute Gasteiger partial charge is 0.184 e. The Balaban J connectivity index is 0.00000180. The Bertz CT molecular complexity index is 516. The largest absolute Gasteiger partial charge is 0.375 e. The van der Waals surface area contributed by atoms with Crippen molar-refractivity contribution in [2.75, 3.05) is 0 Å². The number of benzene rings is 1. The standard InChI is InChI=1S/C13H12N4S.ClH/c14-13(18)17-16-12(10-4-2-1-3-5-10)11-6-8-15-9-7-11;/h1-9H,(H3,14,17,18);1H/b16-12-;. The maximum absolute atomic E-state index is 5.40. The van der Waals surface area contributed by atoms with Crippen molar-refractivity contribution in [1.82, 2.24) is 10.4 Å². The van der Waals surface area contributed by atoms with Gasteiger partial charge in [0.25, 0.3) is 0 Å². The molecule has 1 aromatic carbocycles. The number of nitrogens with zero attached hydrogens (tertiary/aromatic N) is 2. The molecule has 19 heavy (non-hydrogen) atoms. The van der Waals surface area contributed by atoms with Crippen LogP contribution < -0.4 is 11.2 Å². The quantitative estimate of drug-likeness (QED) is 0.516. The van der Waals surface area contributed by atoms with E-state index >= 15 is 0 Å². The third-order valence-electron chi connectivity index (χ3n) is 2.28. The summed E-state index contributed by atoms with van der Waals surface area (Å²) in [5.41, 5.74) is 10.7. The maximum atomic E-state index is 5.40. The molecular formula is C13H13ClN4S. The lowest BCUT2D eigenvalue weighted by Gasteiger charge is -2.07. The van der Waals surface area contributed by atoms with E-state index in [1.165, 1.54) is 0 Å². The van der Waals surface area contributed by atoms with Crippen LogP contribution in [0.25, 0.3) is 0 Å². The second kappa shape index (κ2) is 7.45. The lowest BCUT2D eigenvalue weighted by Crippen LogP contribution is -2.26. The molecular weight excluding hydrogens is 280 g/mol. The van der Waals surface area contributed by atoms with Crippen LogP contribution in [0.15, 0.2) is 60.0 Å². The van der Waals surface area contributed by atoms with Crippen LogP contribution in [0.2, 0.25) is 0 Å². The summed E-state index contributed by atoms with van der Waals surface area (Å²) in [6.45, 7) is 0. The number of hydrogen-bond donors (Lipinski definition) is 2. The van der Waals surface area contributed by atoms with E-state index in [9.17, 15) is 0 Å². The van der Waals surface area contributed by atoms with Crippen LogP contribution in [0.1, 0.15) is 11.1 Å². The van der Waals surface area contributed by atoms with Crippen molar-refractivity contribution in [1.29, 1.82) is 0 Å². The van der Waals surface area contributed by atoms with E-state index in [2.05, 4.69) is 15.5 Å². The molecule has 0 aliphatic rings. The number of hydrazone groups is 1. The number of halogens is 1. The molecule has 0 saturated heterocycles. The van der Waals surface area contributed by atoms with E-state index in [-0.39, 0.29) is 17.5 Å². The third kappa shape index (κ3) is 4.31. The molecule has 0 fully saturated rings. The average molecular weight is 293 g/mol. The van der Waals surface area contributed by atoms with Gasteiger partial charge in [0.1, 0.15) is 0 Å². The van der Waals surface area contributed by atoms with Crippen molar-refractivity contribution in [3.63, 3.8) is 0 Å². The van der Waals surface area contributed by atoms with Gasteiger partial charge in [0.05, 0.1) is 5.71 Å². The summed E-state index contributed by atoms with van der Waals surface area (Å²) in [6, 6.07) is 13.6. The van der Waals surface area contributed by atoms with Crippen molar-refractivity contribution in [2.45, 2.75) is 0 Å². The monoisotopic (exact) mass is 292 g/mol. The Morgan fingerprint density at radius 3 is 2.21 bits per heavy atom. The van der Waals surface area contributed by atoms with Gasteiger partial charge in [0.15, 0.2) is 5.11 Å². The number of aromatic nitrogens is 1. The molecule has 0 aliphatic carbocycles. The topological polar surface area (TPSA) is 63.3 Å². The summed E-state index contributed by atoms with van der Waals surface area (Å²) in [5.74, 6) is 0. The van der Waals surface area contributed by atoms with Crippen LogP contribution in [0, 0.1) is 0 Å². The summed E-state index contributed by atoms with van der Waals surface area (Å²) in [5, 5.41) is 4.37. The fourth-order valence-electron chi connectivity index (χ4n) is 1.51. The number of hydrogen-bond acceptors (Lipinski definition) is 3. The van der Waals surface area contributed by atoms with Crippen LogP contribution in [0.5, 0.6) is 0 Å². The molecule has 0 amide bonds. The molecule has 0 bridgehead atoms. The maximum Gasteiger partial charge on any atom is 0.184 e. The molecule has 3 N–H and O–H groups in total. The summed E-state index contributed by atoms with van der Waals surface area (Å²) < 4.78 is 0. The molecule has 2 rings (SSSR count). The van der Waals surface area contributed by atoms with E-state index in [1.54, 1.807) is 12.4 Å². The highest BCUT2D eigenvalue weighted by Gasteiger charge is 2.06. The Labute approximate surface area is 123 Å². The second-order valence-corrected chi connectivity index (χ2v) is 3.98. The number of pyridine rings is 1. The van der Waals surface area contributed by atoms with Gasteiger partial charge in [0.2, 0.25) is 0 Å². The Morgan fingerprint density at radius 2 is 1.63 bits per heavy atom. The van der Waals surface area contributed by atoms with E-state index < -0.39 is 0 Å². The molecule has 0 radical (unpaired) electrons. The summed E-state index contributed by atoms with van der Waals surface area (Å²) in [7, 11) is 0. The fraction of sp³-hybridized carbons (Fsp3) is 0. The van der Waals surface area contributed by atoms with Crippen molar-refractivity contribution in [3.8, 4) is 0 Å². The number of rotatable bonds is 3. The number of nitrogens with one attached hydrogen (secondary N) is 1. The Morgan fingerprint density at radius 1 is 1.05 bits per heavy atom. The highest BCUT2D eigenvalue weighted by Crippen LogP contribution is 2.09. The molecule has 1 aromatic heterocycles. The third-order valence-corrected chi connectivity index (χ3v) is 2.37. The Hall–Kier alpha value is -1.98. The van der Waals surface area contributed by atoms with Crippen molar-refractivity contribution >= 4 is 35.4 Å². The summed E-state index contributed by atoms with van der Waals surface area (Å²) >= 11 is 4.76. The molecule has 98 valence electrons. The fourth-order valence-corrected chi connectivity index (χ4v) is 1.56. The molecule has 1 heterocycles. The zero-order valence-corrected chi connectivity index (χ0v) is 11.6. The first-order valence-electron chi connectivity index (χ1n) is 5.36. The predicted octanol–water partition coefficient (Wildman–Crippen LogP) is 2.09. The van der Waals surface area contributed by atoms with E-state index in [4.69, 9.17) is 18.0 Å². The van der Waals surface area contributed by atoms with Crippen molar-refractivity contribution < 1.29 is 0 Å². The highest BCUT2D eigenvalue weighted by molar-refractivity contribution is 7.80. The first-order valence-corrected chi connectivity index (χ1v) is 5.77. The van der Waals surface area contributed by atoms with Crippen LogP contribution in [0.3, 0.4) is 0 Å². The Kier molecular flexibility index (Phi) is 5.92. The average Bonchev–Trinajstić information content (AvgIpc) is 2.41. The molecule has 6 heteroatoms.